The standard InChI is InChI=1S/C18H25N/c1-15-12-13-16(9-5-3-4-8-14-19-2)18-11-7-6-10-17(15)18/h6-7,10-13,19H,3-5,8-9,14H2,1-2H3. The molecule has 0 radical (unpaired) electrons. The van der Waals surface area contributed by atoms with Crippen LogP contribution in [0.25, 0.3) is 10.8 Å². The highest BCUT2D eigenvalue weighted by atomic mass is 14.8. The van der Waals surface area contributed by atoms with Crippen molar-refractivity contribution in [2.24, 2.45) is 0 Å². The summed E-state index contributed by atoms with van der Waals surface area (Å²) in [6, 6.07) is 13.4. The van der Waals surface area contributed by atoms with Gasteiger partial charge in [-0.3, -0.25) is 0 Å². The van der Waals surface area contributed by atoms with E-state index in [1.54, 1.807) is 0 Å². The van der Waals surface area contributed by atoms with Crippen LogP contribution in [0, 0.1) is 6.92 Å². The molecule has 0 fully saturated rings. The maximum Gasteiger partial charge on any atom is -0.00519 e. The van der Waals surface area contributed by atoms with Gasteiger partial charge in [0.25, 0.3) is 0 Å². The monoisotopic (exact) mass is 255 g/mol. The van der Waals surface area contributed by atoms with Gasteiger partial charge < -0.3 is 5.32 Å². The number of fused-ring (bicyclic) bond motifs is 1. The fourth-order valence-electron chi connectivity index (χ4n) is 2.70. The molecular formula is C18H25N. The van der Waals surface area contributed by atoms with Crippen molar-refractivity contribution < 1.29 is 0 Å². The Balaban J connectivity index is 1.96. The van der Waals surface area contributed by atoms with E-state index in [0.29, 0.717) is 0 Å². The molecule has 0 aliphatic carbocycles. The minimum Gasteiger partial charge on any atom is -0.320 e. The summed E-state index contributed by atoms with van der Waals surface area (Å²) in [5.74, 6) is 0. The van der Waals surface area contributed by atoms with Crippen molar-refractivity contribution in [3.05, 3.63) is 47.5 Å². The molecule has 0 aromatic heterocycles. The van der Waals surface area contributed by atoms with Crippen LogP contribution in [0.5, 0.6) is 0 Å². The molecule has 2 aromatic rings. The highest BCUT2D eigenvalue weighted by Gasteiger charge is 2.02. The highest BCUT2D eigenvalue weighted by molar-refractivity contribution is 5.88. The van der Waals surface area contributed by atoms with Crippen molar-refractivity contribution in [3.8, 4) is 0 Å². The smallest absolute Gasteiger partial charge is 0.00519 e. The molecule has 0 bridgehead atoms. The molecule has 1 heteroatoms. The summed E-state index contributed by atoms with van der Waals surface area (Å²) in [5.41, 5.74) is 2.89. The van der Waals surface area contributed by atoms with Gasteiger partial charge >= 0.3 is 0 Å². The Hall–Kier alpha value is -1.34. The minimum absolute atomic E-state index is 1.15. The van der Waals surface area contributed by atoms with Gasteiger partial charge in [-0.15, -0.1) is 0 Å². The zero-order valence-corrected chi connectivity index (χ0v) is 12.2. The molecule has 0 spiro atoms. The molecule has 0 aliphatic rings. The molecular weight excluding hydrogens is 230 g/mol. The third-order valence-corrected chi connectivity index (χ3v) is 3.86. The number of rotatable bonds is 7. The largest absolute Gasteiger partial charge is 0.320 e. The summed E-state index contributed by atoms with van der Waals surface area (Å²) in [6.07, 6.45) is 6.48. The number of hydrogen-bond donors (Lipinski definition) is 1. The van der Waals surface area contributed by atoms with Crippen molar-refractivity contribution in [2.75, 3.05) is 13.6 Å². The van der Waals surface area contributed by atoms with Gasteiger partial charge in [-0.2, -0.15) is 0 Å². The van der Waals surface area contributed by atoms with E-state index in [1.165, 1.54) is 54.0 Å². The van der Waals surface area contributed by atoms with E-state index in [9.17, 15) is 0 Å². The van der Waals surface area contributed by atoms with Gasteiger partial charge in [0.1, 0.15) is 0 Å². The lowest BCUT2D eigenvalue weighted by Gasteiger charge is -2.09. The molecule has 102 valence electrons. The van der Waals surface area contributed by atoms with E-state index in [1.807, 2.05) is 7.05 Å². The summed E-state index contributed by atoms with van der Waals surface area (Å²) < 4.78 is 0. The van der Waals surface area contributed by atoms with Gasteiger partial charge in [-0.25, -0.2) is 0 Å². The third kappa shape index (κ3) is 3.81. The van der Waals surface area contributed by atoms with Crippen LogP contribution in [-0.2, 0) is 6.42 Å². The molecule has 0 unspecified atom stereocenters. The molecule has 0 aliphatic heterocycles. The second-order valence-corrected chi connectivity index (χ2v) is 5.35. The molecule has 0 amide bonds. The number of aryl methyl sites for hydroxylation is 2. The van der Waals surface area contributed by atoms with Crippen molar-refractivity contribution in [1.82, 2.24) is 5.32 Å². The molecule has 1 N–H and O–H groups in total. The molecule has 0 heterocycles. The Morgan fingerprint density at radius 1 is 0.842 bits per heavy atom. The zero-order chi connectivity index (χ0) is 13.5. The maximum atomic E-state index is 3.21. The fourth-order valence-corrected chi connectivity index (χ4v) is 2.70. The molecule has 0 saturated carbocycles. The minimum atomic E-state index is 1.15. The van der Waals surface area contributed by atoms with E-state index in [4.69, 9.17) is 0 Å². The SMILES string of the molecule is CNCCCCCCc1ccc(C)c2ccccc12. The summed E-state index contributed by atoms with van der Waals surface area (Å²) in [6.45, 7) is 3.34. The number of unbranched alkanes of at least 4 members (excludes halogenated alkanes) is 3. The maximum absolute atomic E-state index is 3.21. The Kier molecular flexibility index (Phi) is 5.41. The topological polar surface area (TPSA) is 12.0 Å². The second kappa shape index (κ2) is 7.30. The van der Waals surface area contributed by atoms with Gasteiger partial charge in [-0.05, 0) is 61.7 Å². The van der Waals surface area contributed by atoms with Crippen molar-refractivity contribution in [3.63, 3.8) is 0 Å². The average Bonchev–Trinajstić information content (AvgIpc) is 2.45. The first-order valence-corrected chi connectivity index (χ1v) is 7.45. The summed E-state index contributed by atoms with van der Waals surface area (Å²) in [7, 11) is 2.03. The van der Waals surface area contributed by atoms with E-state index in [0.717, 1.165) is 6.54 Å². The second-order valence-electron chi connectivity index (χ2n) is 5.35. The molecule has 2 rings (SSSR count). The predicted octanol–water partition coefficient (Wildman–Crippen LogP) is 4.47. The number of benzene rings is 2. The van der Waals surface area contributed by atoms with Gasteiger partial charge in [0.15, 0.2) is 0 Å². The summed E-state index contributed by atoms with van der Waals surface area (Å²) in [4.78, 5) is 0. The first-order chi connectivity index (χ1) is 9.33. The third-order valence-electron chi connectivity index (χ3n) is 3.86. The van der Waals surface area contributed by atoms with Gasteiger partial charge in [0.2, 0.25) is 0 Å². The van der Waals surface area contributed by atoms with E-state index in [-0.39, 0.29) is 0 Å². The Morgan fingerprint density at radius 2 is 1.58 bits per heavy atom. The fraction of sp³-hybridized carbons (Fsp3) is 0.444. The van der Waals surface area contributed by atoms with Crippen LogP contribution in [0.4, 0.5) is 0 Å². The number of hydrogen-bond acceptors (Lipinski definition) is 1. The molecule has 19 heavy (non-hydrogen) atoms. The van der Waals surface area contributed by atoms with Crippen LogP contribution >= 0.6 is 0 Å². The van der Waals surface area contributed by atoms with Crippen LogP contribution < -0.4 is 5.32 Å². The molecule has 1 nitrogen and oxygen atoms in total. The van der Waals surface area contributed by atoms with Crippen LogP contribution in [0.2, 0.25) is 0 Å². The lowest BCUT2D eigenvalue weighted by Crippen LogP contribution is -2.06. The van der Waals surface area contributed by atoms with Gasteiger partial charge in [0, 0.05) is 0 Å². The Bertz CT molecular complexity index is 516. The molecule has 2 aromatic carbocycles. The lowest BCUT2D eigenvalue weighted by molar-refractivity contribution is 0.617. The summed E-state index contributed by atoms with van der Waals surface area (Å²) >= 11 is 0. The van der Waals surface area contributed by atoms with Crippen LogP contribution in [0.1, 0.15) is 36.8 Å². The zero-order valence-electron chi connectivity index (χ0n) is 12.2. The van der Waals surface area contributed by atoms with E-state index >= 15 is 0 Å². The average molecular weight is 255 g/mol. The van der Waals surface area contributed by atoms with Crippen LogP contribution in [-0.4, -0.2) is 13.6 Å². The van der Waals surface area contributed by atoms with Gasteiger partial charge in [-0.1, -0.05) is 49.2 Å². The lowest BCUT2D eigenvalue weighted by atomic mass is 9.96. The molecule has 0 atom stereocenters. The van der Waals surface area contributed by atoms with E-state index < -0.39 is 0 Å². The first kappa shape index (κ1) is 14.1. The van der Waals surface area contributed by atoms with Gasteiger partial charge in [0.05, 0.1) is 0 Å². The van der Waals surface area contributed by atoms with Crippen LogP contribution in [0.15, 0.2) is 36.4 Å². The molecule has 0 saturated heterocycles. The van der Waals surface area contributed by atoms with Crippen molar-refractivity contribution in [2.45, 2.75) is 39.0 Å². The first-order valence-electron chi connectivity index (χ1n) is 7.45. The quantitative estimate of drug-likeness (QED) is 0.720. The Labute approximate surface area is 117 Å². The number of nitrogens with one attached hydrogen (secondary N) is 1. The highest BCUT2D eigenvalue weighted by Crippen LogP contribution is 2.23. The normalized spacial score (nSPS) is 11.1. The predicted molar refractivity (Wildman–Crippen MR) is 84.8 cm³/mol. The van der Waals surface area contributed by atoms with Crippen LogP contribution in [0.3, 0.4) is 0 Å². The van der Waals surface area contributed by atoms with Crippen molar-refractivity contribution in [1.29, 1.82) is 0 Å². The van der Waals surface area contributed by atoms with Crippen molar-refractivity contribution >= 4 is 10.8 Å². The summed E-state index contributed by atoms with van der Waals surface area (Å²) in [5, 5.41) is 6.06. The Morgan fingerprint density at radius 3 is 2.37 bits per heavy atom. The van der Waals surface area contributed by atoms with E-state index in [2.05, 4.69) is 48.6 Å².